The van der Waals surface area contributed by atoms with Crippen LogP contribution < -0.4 is 14.8 Å². The fourth-order valence-corrected chi connectivity index (χ4v) is 2.65. The molecule has 1 amide bonds. The summed E-state index contributed by atoms with van der Waals surface area (Å²) in [6, 6.07) is 14.8. The van der Waals surface area contributed by atoms with Crippen LogP contribution >= 0.6 is 0 Å². The van der Waals surface area contributed by atoms with E-state index < -0.39 is 0 Å². The number of aromatic nitrogens is 2. The van der Waals surface area contributed by atoms with Gasteiger partial charge in [-0.15, -0.1) is 0 Å². The Morgan fingerprint density at radius 3 is 2.52 bits per heavy atom. The Kier molecular flexibility index (Phi) is 7.24. The summed E-state index contributed by atoms with van der Waals surface area (Å²) >= 11 is 0. The van der Waals surface area contributed by atoms with Gasteiger partial charge in [0.25, 0.3) is 5.91 Å². The Bertz CT molecular complexity index is 922. The second-order valence-corrected chi connectivity index (χ2v) is 6.24. The molecule has 3 aromatic rings. The Hall–Kier alpha value is -3.32. The summed E-state index contributed by atoms with van der Waals surface area (Å²) < 4.78 is 18.1. The highest BCUT2D eigenvalue weighted by Gasteiger charge is 2.09. The second-order valence-electron chi connectivity index (χ2n) is 6.24. The smallest absolute Gasteiger partial charge is 0.255 e. The first kappa shape index (κ1) is 20.4. The number of carbonyl (C=O) groups is 1. The van der Waals surface area contributed by atoms with Gasteiger partial charge in [0.05, 0.1) is 24.7 Å². The van der Waals surface area contributed by atoms with Gasteiger partial charge in [-0.25, -0.2) is 4.68 Å². The van der Waals surface area contributed by atoms with E-state index in [1.54, 1.807) is 23.1 Å². The van der Waals surface area contributed by atoms with Crippen molar-refractivity contribution in [2.75, 3.05) is 18.5 Å². The van der Waals surface area contributed by atoms with Gasteiger partial charge >= 0.3 is 0 Å². The number of carbonyl (C=O) groups excluding carboxylic acids is 1. The lowest BCUT2D eigenvalue weighted by atomic mass is 10.1. The largest absolute Gasteiger partial charge is 0.494 e. The molecule has 0 radical (unpaired) electrons. The van der Waals surface area contributed by atoms with Crippen LogP contribution in [0.5, 0.6) is 11.5 Å². The van der Waals surface area contributed by atoms with E-state index in [1.807, 2.05) is 56.3 Å². The van der Waals surface area contributed by atoms with Crippen LogP contribution in [0.1, 0.15) is 29.8 Å². The molecule has 29 heavy (non-hydrogen) atoms. The molecule has 7 nitrogen and oxygen atoms in total. The topological polar surface area (TPSA) is 74.6 Å². The van der Waals surface area contributed by atoms with Crippen molar-refractivity contribution in [3.05, 3.63) is 72.1 Å². The number of benzene rings is 2. The summed E-state index contributed by atoms with van der Waals surface area (Å²) in [6.07, 6.45) is 3.32. The van der Waals surface area contributed by atoms with Crippen molar-refractivity contribution in [3.8, 4) is 11.5 Å². The van der Waals surface area contributed by atoms with E-state index in [0.29, 0.717) is 37.8 Å². The molecule has 0 atom stereocenters. The van der Waals surface area contributed by atoms with Crippen molar-refractivity contribution in [3.63, 3.8) is 0 Å². The monoisotopic (exact) mass is 395 g/mol. The van der Waals surface area contributed by atoms with E-state index in [4.69, 9.17) is 14.2 Å². The maximum atomic E-state index is 12.5. The molecular formula is C22H25N3O4. The third-order valence-electron chi connectivity index (χ3n) is 4.05. The van der Waals surface area contributed by atoms with Crippen LogP contribution in [-0.2, 0) is 18.1 Å². The predicted molar refractivity (Wildman–Crippen MR) is 110 cm³/mol. The Morgan fingerprint density at radius 2 is 1.79 bits per heavy atom. The fraction of sp³-hybridized carbons (Fsp3) is 0.273. The van der Waals surface area contributed by atoms with Gasteiger partial charge < -0.3 is 19.5 Å². The summed E-state index contributed by atoms with van der Waals surface area (Å²) in [5, 5.41) is 6.99. The molecule has 0 aliphatic heterocycles. The van der Waals surface area contributed by atoms with Crippen molar-refractivity contribution < 1.29 is 19.0 Å². The summed E-state index contributed by atoms with van der Waals surface area (Å²) in [7, 11) is 0. The molecule has 0 bridgehead atoms. The first-order valence-electron chi connectivity index (χ1n) is 9.54. The summed E-state index contributed by atoms with van der Waals surface area (Å²) in [5.74, 6) is 1.34. The molecule has 152 valence electrons. The molecule has 0 fully saturated rings. The number of nitrogens with one attached hydrogen (secondary N) is 1. The highest BCUT2D eigenvalue weighted by molar-refractivity contribution is 6.04. The summed E-state index contributed by atoms with van der Waals surface area (Å²) in [6.45, 7) is 5.81. The van der Waals surface area contributed by atoms with Gasteiger partial charge in [0, 0.05) is 12.2 Å². The molecule has 1 heterocycles. The first-order valence-corrected chi connectivity index (χ1v) is 9.54. The quantitative estimate of drug-likeness (QED) is 0.559. The molecule has 0 spiro atoms. The zero-order valence-corrected chi connectivity index (χ0v) is 16.6. The molecular weight excluding hydrogens is 370 g/mol. The fourth-order valence-electron chi connectivity index (χ4n) is 2.65. The van der Waals surface area contributed by atoms with Crippen LogP contribution in [0.2, 0.25) is 0 Å². The lowest BCUT2D eigenvalue weighted by Gasteiger charge is -2.09. The van der Waals surface area contributed by atoms with Gasteiger partial charge in [0.2, 0.25) is 0 Å². The first-order chi connectivity index (χ1) is 14.2. The standard InChI is InChI=1S/C22H25N3O4/c1-3-27-16-25-14-19(13-23-25)24-22(26)18-7-5-6-17(12-18)15-29-21-10-8-20(9-11-21)28-4-2/h5-14H,3-4,15-16H2,1-2H3,(H,24,26). The minimum atomic E-state index is -0.205. The number of ether oxygens (including phenoxy) is 3. The molecule has 0 saturated heterocycles. The number of rotatable bonds is 10. The van der Waals surface area contributed by atoms with Crippen LogP contribution in [0.15, 0.2) is 60.9 Å². The molecule has 0 aliphatic rings. The van der Waals surface area contributed by atoms with Gasteiger partial charge in [0.1, 0.15) is 24.8 Å². The highest BCUT2D eigenvalue weighted by atomic mass is 16.5. The zero-order valence-electron chi connectivity index (χ0n) is 16.6. The number of hydrogen-bond donors (Lipinski definition) is 1. The molecule has 1 aromatic heterocycles. The van der Waals surface area contributed by atoms with Crippen molar-refractivity contribution in [1.29, 1.82) is 0 Å². The lowest BCUT2D eigenvalue weighted by molar-refractivity contribution is 0.0792. The van der Waals surface area contributed by atoms with Crippen LogP contribution in [0.3, 0.4) is 0 Å². The Labute approximate surface area is 170 Å². The SMILES string of the molecule is CCOCn1cc(NC(=O)c2cccc(COc3ccc(OCC)cc3)c2)cn1. The predicted octanol–water partition coefficient (Wildman–Crippen LogP) is 4.11. The molecule has 2 aromatic carbocycles. The van der Waals surface area contributed by atoms with E-state index in [0.717, 1.165) is 17.1 Å². The minimum absolute atomic E-state index is 0.205. The van der Waals surface area contributed by atoms with Gasteiger partial charge in [-0.05, 0) is 55.8 Å². The van der Waals surface area contributed by atoms with Crippen molar-refractivity contribution in [1.82, 2.24) is 9.78 Å². The van der Waals surface area contributed by atoms with Crippen LogP contribution in [0, 0.1) is 0 Å². The maximum Gasteiger partial charge on any atom is 0.255 e. The third-order valence-corrected chi connectivity index (χ3v) is 4.05. The van der Waals surface area contributed by atoms with Gasteiger partial charge in [-0.1, -0.05) is 12.1 Å². The van der Waals surface area contributed by atoms with Crippen molar-refractivity contribution in [2.24, 2.45) is 0 Å². The van der Waals surface area contributed by atoms with E-state index in [2.05, 4.69) is 10.4 Å². The molecule has 0 saturated carbocycles. The van der Waals surface area contributed by atoms with Crippen LogP contribution in [0.4, 0.5) is 5.69 Å². The Morgan fingerprint density at radius 1 is 1.03 bits per heavy atom. The zero-order chi connectivity index (χ0) is 20.5. The van der Waals surface area contributed by atoms with E-state index in [9.17, 15) is 4.79 Å². The number of nitrogens with zero attached hydrogens (tertiary/aromatic N) is 2. The van der Waals surface area contributed by atoms with Crippen LogP contribution in [0.25, 0.3) is 0 Å². The van der Waals surface area contributed by atoms with Gasteiger partial charge in [-0.2, -0.15) is 5.10 Å². The summed E-state index contributed by atoms with van der Waals surface area (Å²) in [5.41, 5.74) is 2.07. The lowest BCUT2D eigenvalue weighted by Crippen LogP contribution is -2.12. The van der Waals surface area contributed by atoms with Crippen molar-refractivity contribution >= 4 is 11.6 Å². The number of hydrogen-bond acceptors (Lipinski definition) is 5. The average Bonchev–Trinajstić information content (AvgIpc) is 3.19. The number of anilines is 1. The highest BCUT2D eigenvalue weighted by Crippen LogP contribution is 2.19. The third kappa shape index (κ3) is 6.08. The maximum absolute atomic E-state index is 12.5. The summed E-state index contributed by atoms with van der Waals surface area (Å²) in [4.78, 5) is 12.5. The van der Waals surface area contributed by atoms with E-state index in [-0.39, 0.29) is 5.91 Å². The van der Waals surface area contributed by atoms with Gasteiger partial charge in [-0.3, -0.25) is 4.79 Å². The average molecular weight is 395 g/mol. The van der Waals surface area contributed by atoms with Crippen molar-refractivity contribution in [2.45, 2.75) is 27.2 Å². The number of amides is 1. The van der Waals surface area contributed by atoms with E-state index >= 15 is 0 Å². The molecule has 0 aliphatic carbocycles. The van der Waals surface area contributed by atoms with Gasteiger partial charge in [0.15, 0.2) is 0 Å². The molecule has 0 unspecified atom stereocenters. The van der Waals surface area contributed by atoms with E-state index in [1.165, 1.54) is 0 Å². The molecule has 3 rings (SSSR count). The second kappa shape index (κ2) is 10.3. The molecule has 1 N–H and O–H groups in total. The minimum Gasteiger partial charge on any atom is -0.494 e. The van der Waals surface area contributed by atoms with Crippen LogP contribution in [-0.4, -0.2) is 28.9 Å². The normalized spacial score (nSPS) is 10.6. The molecule has 7 heteroatoms. The Balaban J connectivity index is 1.56.